The van der Waals surface area contributed by atoms with Crippen molar-refractivity contribution in [2.24, 2.45) is 5.92 Å². The highest BCUT2D eigenvalue weighted by Crippen LogP contribution is 2.60. The normalized spacial score (nSPS) is 23.9. The highest BCUT2D eigenvalue weighted by Gasteiger charge is 2.53. The zero-order valence-corrected chi connectivity index (χ0v) is 23.1. The van der Waals surface area contributed by atoms with E-state index in [-0.39, 0.29) is 16.2 Å². The quantitative estimate of drug-likeness (QED) is 0.484. The van der Waals surface area contributed by atoms with E-state index >= 15 is 0 Å². The van der Waals surface area contributed by atoms with Gasteiger partial charge in [-0.15, -0.1) is 0 Å². The Morgan fingerprint density at radius 3 is 2.18 bits per heavy atom. The van der Waals surface area contributed by atoms with Crippen LogP contribution in [0.5, 0.6) is 5.75 Å². The zero-order chi connectivity index (χ0) is 26.7. The van der Waals surface area contributed by atoms with Crippen molar-refractivity contribution in [3.8, 4) is 5.75 Å². The SMILES string of the molecule is COc1ccc(S(=O)(=O)N(C)C)c([C@@H](O)C2CCN(CC34CC(c5ccccc53)c3ccccc34)CC2)c1. The molecule has 3 aromatic carbocycles. The average Bonchev–Trinajstić information content (AvgIpc) is 3.45. The standard InChI is InChI=1S/C31H36N2O4S/c1-32(2)38(35,36)29-13-12-22(37-3)18-25(29)30(34)21-14-16-33(17-15-21)20-31-19-26(23-8-4-6-10-27(23)31)24-9-5-7-11-28(24)31/h4-13,18,21,26,30,34H,14-17,19-20H2,1-3H3/t26?,30-,31?/m0/s1. The van der Waals surface area contributed by atoms with E-state index in [1.165, 1.54) is 40.7 Å². The van der Waals surface area contributed by atoms with Gasteiger partial charge in [0.15, 0.2) is 0 Å². The van der Waals surface area contributed by atoms with Gasteiger partial charge in [-0.25, -0.2) is 12.7 Å². The van der Waals surface area contributed by atoms with Crippen LogP contribution in [0, 0.1) is 5.92 Å². The largest absolute Gasteiger partial charge is 0.497 e. The molecule has 6 nitrogen and oxygen atoms in total. The smallest absolute Gasteiger partial charge is 0.242 e. The van der Waals surface area contributed by atoms with Crippen LogP contribution in [0.2, 0.25) is 0 Å². The lowest BCUT2D eigenvalue weighted by Gasteiger charge is -2.40. The molecule has 7 heteroatoms. The van der Waals surface area contributed by atoms with Gasteiger partial charge in [-0.3, -0.25) is 0 Å². The first-order valence-corrected chi connectivity index (χ1v) is 14.9. The lowest BCUT2D eigenvalue weighted by atomic mass is 9.74. The molecule has 0 saturated carbocycles. The molecule has 1 heterocycles. The first-order chi connectivity index (χ1) is 18.3. The van der Waals surface area contributed by atoms with Crippen LogP contribution in [0.4, 0.5) is 0 Å². The number of nitrogens with zero attached hydrogens (tertiary/aromatic N) is 2. The highest BCUT2D eigenvalue weighted by molar-refractivity contribution is 7.89. The van der Waals surface area contributed by atoms with Gasteiger partial charge in [0, 0.05) is 37.5 Å². The topological polar surface area (TPSA) is 70.1 Å². The minimum absolute atomic E-state index is 0.0169. The zero-order valence-electron chi connectivity index (χ0n) is 22.3. The maximum absolute atomic E-state index is 13.0. The minimum Gasteiger partial charge on any atom is -0.497 e. The molecule has 2 bridgehead atoms. The molecule has 2 aliphatic carbocycles. The number of ether oxygens (including phenoxy) is 1. The van der Waals surface area contributed by atoms with Crippen molar-refractivity contribution >= 4 is 10.0 Å². The Labute approximate surface area is 225 Å². The monoisotopic (exact) mass is 532 g/mol. The first kappa shape index (κ1) is 25.6. The fourth-order valence-electron chi connectivity index (χ4n) is 7.19. The van der Waals surface area contributed by atoms with Gasteiger partial charge in [0.05, 0.1) is 18.1 Å². The van der Waals surface area contributed by atoms with E-state index in [2.05, 4.69) is 53.4 Å². The van der Waals surface area contributed by atoms with E-state index < -0.39 is 16.1 Å². The molecule has 0 spiro atoms. The number of rotatable bonds is 7. The molecule has 1 atom stereocenters. The molecule has 1 aliphatic heterocycles. The molecule has 0 unspecified atom stereocenters. The average molecular weight is 533 g/mol. The molecular weight excluding hydrogens is 496 g/mol. The highest BCUT2D eigenvalue weighted by atomic mass is 32.2. The molecule has 0 amide bonds. The van der Waals surface area contributed by atoms with Crippen LogP contribution >= 0.6 is 0 Å². The van der Waals surface area contributed by atoms with Crippen molar-refractivity contribution in [3.05, 3.63) is 94.5 Å². The number of hydrogen-bond donors (Lipinski definition) is 1. The number of methoxy groups -OCH3 is 1. The molecule has 1 saturated heterocycles. The summed E-state index contributed by atoms with van der Waals surface area (Å²) in [7, 11) is 0.882. The Bertz CT molecular complexity index is 1410. The Balaban J connectivity index is 1.23. The van der Waals surface area contributed by atoms with Crippen molar-refractivity contribution in [3.63, 3.8) is 0 Å². The summed E-state index contributed by atoms with van der Waals surface area (Å²) >= 11 is 0. The first-order valence-electron chi connectivity index (χ1n) is 13.5. The van der Waals surface area contributed by atoms with E-state index in [0.717, 1.165) is 38.9 Å². The van der Waals surface area contributed by atoms with Crippen molar-refractivity contribution < 1.29 is 18.3 Å². The van der Waals surface area contributed by atoms with Crippen molar-refractivity contribution in [1.29, 1.82) is 0 Å². The van der Waals surface area contributed by atoms with Gasteiger partial charge in [-0.1, -0.05) is 48.5 Å². The van der Waals surface area contributed by atoms with Gasteiger partial charge in [0.25, 0.3) is 0 Å². The van der Waals surface area contributed by atoms with Crippen LogP contribution in [0.3, 0.4) is 0 Å². The molecule has 1 fully saturated rings. The molecule has 3 aliphatic rings. The number of benzene rings is 3. The van der Waals surface area contributed by atoms with Gasteiger partial charge >= 0.3 is 0 Å². The van der Waals surface area contributed by atoms with Gasteiger partial charge in [-0.05, 0) is 78.7 Å². The fourth-order valence-corrected chi connectivity index (χ4v) is 8.30. The van der Waals surface area contributed by atoms with Crippen LogP contribution in [0.25, 0.3) is 0 Å². The van der Waals surface area contributed by atoms with E-state index in [1.807, 2.05) is 0 Å². The van der Waals surface area contributed by atoms with E-state index in [4.69, 9.17) is 4.74 Å². The third kappa shape index (κ3) is 3.90. The lowest BCUT2D eigenvalue weighted by molar-refractivity contribution is 0.0521. The van der Waals surface area contributed by atoms with E-state index in [9.17, 15) is 13.5 Å². The second-order valence-corrected chi connectivity index (χ2v) is 13.4. The Kier molecular flexibility index (Phi) is 6.38. The molecule has 38 heavy (non-hydrogen) atoms. The summed E-state index contributed by atoms with van der Waals surface area (Å²) in [5.74, 6) is 1.00. The summed E-state index contributed by atoms with van der Waals surface area (Å²) in [5.41, 5.74) is 6.34. The number of aliphatic hydroxyl groups is 1. The van der Waals surface area contributed by atoms with Crippen LogP contribution in [0.1, 0.15) is 59.1 Å². The van der Waals surface area contributed by atoms with E-state index in [1.54, 1.807) is 25.3 Å². The summed E-state index contributed by atoms with van der Waals surface area (Å²) in [4.78, 5) is 2.70. The van der Waals surface area contributed by atoms with Crippen molar-refractivity contribution in [1.82, 2.24) is 9.21 Å². The predicted molar refractivity (Wildman–Crippen MR) is 148 cm³/mol. The molecule has 200 valence electrons. The number of aliphatic hydroxyl groups excluding tert-OH is 1. The summed E-state index contributed by atoms with van der Waals surface area (Å²) < 4.78 is 32.6. The fraction of sp³-hybridized carbons (Fsp3) is 0.419. The molecule has 0 radical (unpaired) electrons. The Morgan fingerprint density at radius 2 is 1.61 bits per heavy atom. The van der Waals surface area contributed by atoms with Gasteiger partial charge in [-0.2, -0.15) is 0 Å². The van der Waals surface area contributed by atoms with Gasteiger partial charge in [0.2, 0.25) is 10.0 Å². The Hall–Kier alpha value is -2.71. The second kappa shape index (κ2) is 9.49. The van der Waals surface area contributed by atoms with Gasteiger partial charge in [0.1, 0.15) is 5.75 Å². The van der Waals surface area contributed by atoms with Crippen LogP contribution in [-0.4, -0.2) is 63.6 Å². The third-order valence-corrected chi connectivity index (χ3v) is 11.0. The molecule has 1 N–H and O–H groups in total. The van der Waals surface area contributed by atoms with Crippen molar-refractivity contribution in [2.45, 2.75) is 41.6 Å². The third-order valence-electron chi connectivity index (χ3n) is 9.12. The molecule has 6 rings (SSSR count). The maximum Gasteiger partial charge on any atom is 0.242 e. The van der Waals surface area contributed by atoms with Crippen LogP contribution < -0.4 is 4.74 Å². The van der Waals surface area contributed by atoms with Crippen LogP contribution in [0.15, 0.2) is 71.6 Å². The number of sulfonamides is 1. The maximum atomic E-state index is 13.0. The predicted octanol–water partition coefficient (Wildman–Crippen LogP) is 4.53. The number of fused-ring (bicyclic) bond motifs is 8. The molecule has 0 aromatic heterocycles. The summed E-state index contributed by atoms with van der Waals surface area (Å²) in [5, 5.41) is 11.5. The van der Waals surface area contributed by atoms with Crippen molar-refractivity contribution in [2.75, 3.05) is 40.8 Å². The Morgan fingerprint density at radius 1 is 1.00 bits per heavy atom. The lowest BCUT2D eigenvalue weighted by Crippen LogP contribution is -2.44. The summed E-state index contributed by atoms with van der Waals surface area (Å²) in [6, 6.07) is 22.7. The summed E-state index contributed by atoms with van der Waals surface area (Å²) in [6.45, 7) is 2.72. The summed E-state index contributed by atoms with van der Waals surface area (Å²) in [6.07, 6.45) is 1.87. The minimum atomic E-state index is -3.70. The second-order valence-electron chi connectivity index (χ2n) is 11.3. The number of likely N-dealkylation sites (tertiary alicyclic amines) is 1. The number of hydrogen-bond acceptors (Lipinski definition) is 5. The van der Waals surface area contributed by atoms with E-state index in [0.29, 0.717) is 17.2 Å². The molecule has 3 aromatic rings. The van der Waals surface area contributed by atoms with Gasteiger partial charge < -0.3 is 14.7 Å². The number of piperidine rings is 1. The van der Waals surface area contributed by atoms with Crippen LogP contribution in [-0.2, 0) is 15.4 Å². The molecular formula is C31H36N2O4S.